The Morgan fingerprint density at radius 2 is 1.95 bits per heavy atom. The van der Waals surface area contributed by atoms with E-state index in [4.69, 9.17) is 0 Å². The van der Waals surface area contributed by atoms with Gasteiger partial charge in [0.25, 0.3) is 0 Å². The van der Waals surface area contributed by atoms with Crippen LogP contribution in [-0.4, -0.2) is 10.5 Å². The van der Waals surface area contributed by atoms with E-state index in [2.05, 4.69) is 5.32 Å². The van der Waals surface area contributed by atoms with Gasteiger partial charge in [-0.1, -0.05) is 30.3 Å². The molecule has 0 heterocycles. The van der Waals surface area contributed by atoms with Crippen molar-refractivity contribution in [3.63, 3.8) is 0 Å². The number of nitrogens with one attached hydrogen (secondary N) is 1. The van der Waals surface area contributed by atoms with Gasteiger partial charge >= 0.3 is 0 Å². The minimum absolute atomic E-state index is 0.126. The van der Waals surface area contributed by atoms with E-state index in [-0.39, 0.29) is 11.9 Å². The Labute approximate surface area is 121 Å². The smallest absolute Gasteiger partial charge is 0.128 e. The molecule has 2 rings (SSSR count). The van der Waals surface area contributed by atoms with Crippen LogP contribution >= 0.6 is 0 Å². The minimum Gasteiger partial charge on any atom is -0.378 e. The molecular formula is C16H18FNOS. The number of hydrogen-bond acceptors (Lipinski definition) is 2. The molecule has 0 unspecified atom stereocenters. The molecule has 0 saturated heterocycles. The molecule has 0 amide bonds. The summed E-state index contributed by atoms with van der Waals surface area (Å²) in [6.07, 6.45) is 1.68. The molecule has 2 aromatic rings. The highest BCUT2D eigenvalue weighted by Gasteiger charge is 2.10. The van der Waals surface area contributed by atoms with E-state index >= 15 is 0 Å². The maximum Gasteiger partial charge on any atom is 0.128 e. The topological polar surface area (TPSA) is 29.1 Å². The molecule has 0 aliphatic carbocycles. The van der Waals surface area contributed by atoms with E-state index in [0.717, 1.165) is 11.3 Å². The fourth-order valence-electron chi connectivity index (χ4n) is 2.14. The van der Waals surface area contributed by atoms with Crippen molar-refractivity contribution in [1.82, 2.24) is 0 Å². The molecule has 20 heavy (non-hydrogen) atoms. The Hall–Kier alpha value is -1.68. The van der Waals surface area contributed by atoms with E-state index in [1.54, 1.807) is 18.4 Å². The third-order valence-electron chi connectivity index (χ3n) is 3.05. The van der Waals surface area contributed by atoms with Gasteiger partial charge in [0.1, 0.15) is 5.82 Å². The second-order valence-electron chi connectivity index (χ2n) is 4.81. The normalized spacial score (nSPS) is 13.8. The third kappa shape index (κ3) is 3.90. The molecule has 0 aliphatic heterocycles. The highest BCUT2D eigenvalue weighted by Crippen LogP contribution is 2.22. The second kappa shape index (κ2) is 6.66. The van der Waals surface area contributed by atoms with Gasteiger partial charge in [0, 0.05) is 34.1 Å². The summed E-state index contributed by atoms with van der Waals surface area (Å²) < 4.78 is 25.0. The van der Waals surface area contributed by atoms with Crippen LogP contribution in [0, 0.1) is 5.82 Å². The molecule has 0 aliphatic rings. The molecule has 0 fully saturated rings. The molecule has 0 aromatic heterocycles. The number of benzene rings is 2. The van der Waals surface area contributed by atoms with Crippen LogP contribution in [0.3, 0.4) is 0 Å². The van der Waals surface area contributed by atoms with Crippen molar-refractivity contribution in [3.8, 4) is 0 Å². The quantitative estimate of drug-likeness (QED) is 0.906. The van der Waals surface area contributed by atoms with E-state index in [1.165, 1.54) is 6.07 Å². The molecule has 0 radical (unpaired) electrons. The second-order valence-corrected chi connectivity index (χ2v) is 6.24. The predicted molar refractivity (Wildman–Crippen MR) is 82.7 cm³/mol. The van der Waals surface area contributed by atoms with Crippen molar-refractivity contribution in [1.29, 1.82) is 0 Å². The average Bonchev–Trinajstić information content (AvgIpc) is 2.38. The number of hydrogen-bond donors (Lipinski definition) is 1. The average molecular weight is 291 g/mol. The predicted octanol–water partition coefficient (Wildman–Crippen LogP) is 3.88. The zero-order valence-electron chi connectivity index (χ0n) is 11.6. The van der Waals surface area contributed by atoms with E-state index in [1.807, 2.05) is 37.3 Å². The van der Waals surface area contributed by atoms with Gasteiger partial charge in [-0.2, -0.15) is 0 Å². The van der Waals surface area contributed by atoms with E-state index < -0.39 is 10.8 Å². The lowest BCUT2D eigenvalue weighted by Gasteiger charge is -2.17. The highest BCUT2D eigenvalue weighted by atomic mass is 32.2. The molecule has 2 aromatic carbocycles. The van der Waals surface area contributed by atoms with Crippen molar-refractivity contribution in [2.75, 3.05) is 11.6 Å². The molecule has 106 valence electrons. The molecule has 0 bridgehead atoms. The van der Waals surface area contributed by atoms with Crippen molar-refractivity contribution in [2.45, 2.75) is 18.7 Å². The fraction of sp³-hybridized carbons (Fsp3) is 0.250. The SMILES string of the molecule is C[C@H](Nc1cccc(C[S@@](C)=O)c1)c1ccccc1F. The van der Waals surface area contributed by atoms with E-state index in [9.17, 15) is 8.60 Å². The first-order valence-electron chi connectivity index (χ1n) is 6.46. The van der Waals surface area contributed by atoms with Gasteiger partial charge in [0.15, 0.2) is 0 Å². The van der Waals surface area contributed by atoms with Crippen LogP contribution in [0.4, 0.5) is 10.1 Å². The zero-order valence-corrected chi connectivity index (χ0v) is 12.4. The van der Waals surface area contributed by atoms with Gasteiger partial charge in [-0.15, -0.1) is 0 Å². The van der Waals surface area contributed by atoms with Gasteiger partial charge < -0.3 is 5.32 Å². The Morgan fingerprint density at radius 3 is 2.65 bits per heavy atom. The van der Waals surface area contributed by atoms with Crippen molar-refractivity contribution < 1.29 is 8.60 Å². The lowest BCUT2D eigenvalue weighted by molar-refractivity contribution is 0.600. The first kappa shape index (κ1) is 14.7. The van der Waals surface area contributed by atoms with Gasteiger partial charge in [-0.05, 0) is 30.7 Å². The third-order valence-corrected chi connectivity index (χ3v) is 3.79. The van der Waals surface area contributed by atoms with E-state index in [0.29, 0.717) is 11.3 Å². The Bertz CT molecular complexity index is 615. The van der Waals surface area contributed by atoms with Crippen LogP contribution < -0.4 is 5.32 Å². The van der Waals surface area contributed by atoms with Crippen LogP contribution in [0.5, 0.6) is 0 Å². The van der Waals surface area contributed by atoms with Crippen molar-refractivity contribution >= 4 is 16.5 Å². The Balaban J connectivity index is 2.13. The van der Waals surface area contributed by atoms with Crippen LogP contribution in [0.1, 0.15) is 24.1 Å². The summed E-state index contributed by atoms with van der Waals surface area (Å²) in [6, 6.07) is 14.4. The minimum atomic E-state index is -0.865. The molecule has 0 saturated carbocycles. The molecule has 2 nitrogen and oxygen atoms in total. The maximum absolute atomic E-state index is 13.7. The van der Waals surface area contributed by atoms with Crippen LogP contribution in [-0.2, 0) is 16.6 Å². The lowest BCUT2D eigenvalue weighted by Crippen LogP contribution is -2.08. The lowest BCUT2D eigenvalue weighted by atomic mass is 10.1. The van der Waals surface area contributed by atoms with Gasteiger partial charge in [-0.3, -0.25) is 4.21 Å². The standard InChI is InChI=1S/C16H18FNOS/c1-12(15-8-3-4-9-16(15)17)18-14-7-5-6-13(10-14)11-20(2)19/h3-10,12,18H,11H2,1-2H3/t12-,20+/m0/s1. The van der Waals surface area contributed by atoms with Crippen LogP contribution in [0.2, 0.25) is 0 Å². The molecule has 1 N–H and O–H groups in total. The van der Waals surface area contributed by atoms with Gasteiger partial charge in [0.05, 0.1) is 6.04 Å². The number of anilines is 1. The van der Waals surface area contributed by atoms with Crippen molar-refractivity contribution in [2.24, 2.45) is 0 Å². The maximum atomic E-state index is 13.7. The van der Waals surface area contributed by atoms with Crippen molar-refractivity contribution in [3.05, 3.63) is 65.5 Å². The summed E-state index contributed by atoms with van der Waals surface area (Å²) in [5.74, 6) is 0.321. The number of halogens is 1. The fourth-order valence-corrected chi connectivity index (χ4v) is 2.79. The summed E-state index contributed by atoms with van der Waals surface area (Å²) >= 11 is 0. The molecule has 0 spiro atoms. The first-order chi connectivity index (χ1) is 9.56. The summed E-state index contributed by atoms with van der Waals surface area (Å²) in [5, 5.41) is 3.27. The Kier molecular flexibility index (Phi) is 4.90. The summed E-state index contributed by atoms with van der Waals surface area (Å²) in [7, 11) is -0.865. The molecule has 4 heteroatoms. The summed E-state index contributed by atoms with van der Waals surface area (Å²) in [4.78, 5) is 0. The van der Waals surface area contributed by atoms with Crippen LogP contribution in [0.25, 0.3) is 0 Å². The van der Waals surface area contributed by atoms with Crippen LogP contribution in [0.15, 0.2) is 48.5 Å². The monoisotopic (exact) mass is 291 g/mol. The van der Waals surface area contributed by atoms with Gasteiger partial charge in [-0.25, -0.2) is 4.39 Å². The largest absolute Gasteiger partial charge is 0.378 e. The van der Waals surface area contributed by atoms with Gasteiger partial charge in [0.2, 0.25) is 0 Å². The first-order valence-corrected chi connectivity index (χ1v) is 8.19. The number of rotatable bonds is 5. The Morgan fingerprint density at radius 1 is 1.20 bits per heavy atom. The summed E-state index contributed by atoms with van der Waals surface area (Å²) in [5.41, 5.74) is 2.55. The summed E-state index contributed by atoms with van der Waals surface area (Å²) in [6.45, 7) is 1.92. The highest BCUT2D eigenvalue weighted by molar-refractivity contribution is 7.83. The molecular weight excluding hydrogens is 273 g/mol. The zero-order chi connectivity index (χ0) is 14.5. The molecule has 2 atom stereocenters.